The molecular formula is C20H18FN3O2. The number of aryl methyl sites for hydroxylation is 2. The Bertz CT molecular complexity index is 983. The smallest absolute Gasteiger partial charge is 0.258 e. The Balaban J connectivity index is 1.56. The largest absolute Gasteiger partial charge is 0.334 e. The van der Waals surface area contributed by atoms with E-state index in [0.29, 0.717) is 24.4 Å². The first-order valence-electron chi connectivity index (χ1n) is 8.48. The average molecular weight is 351 g/mol. The number of aromatic nitrogens is 2. The first-order valence-corrected chi connectivity index (χ1v) is 8.48. The van der Waals surface area contributed by atoms with E-state index in [2.05, 4.69) is 10.1 Å². The van der Waals surface area contributed by atoms with E-state index in [4.69, 9.17) is 4.52 Å². The van der Waals surface area contributed by atoms with Crippen molar-refractivity contribution in [3.05, 3.63) is 65.2 Å². The molecule has 3 aromatic rings. The highest BCUT2D eigenvalue weighted by molar-refractivity contribution is 5.96. The molecule has 1 saturated heterocycles. The Morgan fingerprint density at radius 2 is 2.00 bits per heavy atom. The van der Waals surface area contributed by atoms with Crippen molar-refractivity contribution in [1.29, 1.82) is 0 Å². The number of carbonyl (C=O) groups excluding carboxylic acids is 1. The molecule has 6 heteroatoms. The van der Waals surface area contributed by atoms with Gasteiger partial charge in [-0.05, 0) is 55.3 Å². The Hall–Kier alpha value is -3.02. The maximum atomic E-state index is 13.4. The summed E-state index contributed by atoms with van der Waals surface area (Å²) in [7, 11) is 0. The van der Waals surface area contributed by atoms with Gasteiger partial charge in [0.05, 0.1) is 0 Å². The van der Waals surface area contributed by atoms with Crippen LogP contribution in [0.2, 0.25) is 0 Å². The summed E-state index contributed by atoms with van der Waals surface area (Å²) in [6.45, 7) is 4.58. The van der Waals surface area contributed by atoms with Crippen LogP contribution in [0.15, 0.2) is 47.0 Å². The van der Waals surface area contributed by atoms with Gasteiger partial charge in [-0.2, -0.15) is 4.98 Å². The summed E-state index contributed by atoms with van der Waals surface area (Å²) in [4.78, 5) is 18.6. The van der Waals surface area contributed by atoms with Crippen LogP contribution in [-0.2, 0) is 4.79 Å². The second-order valence-corrected chi connectivity index (χ2v) is 6.64. The summed E-state index contributed by atoms with van der Waals surface area (Å²) in [5.74, 6) is 0.269. The van der Waals surface area contributed by atoms with Crippen LogP contribution in [0.4, 0.5) is 10.1 Å². The molecule has 132 valence electrons. The summed E-state index contributed by atoms with van der Waals surface area (Å²) in [5.41, 5.74) is 3.75. The van der Waals surface area contributed by atoms with Crippen molar-refractivity contribution in [3.8, 4) is 11.5 Å². The number of rotatable bonds is 3. The predicted molar refractivity (Wildman–Crippen MR) is 95.3 cm³/mol. The van der Waals surface area contributed by atoms with E-state index in [0.717, 1.165) is 11.3 Å². The zero-order valence-corrected chi connectivity index (χ0v) is 14.6. The fourth-order valence-electron chi connectivity index (χ4n) is 3.16. The lowest BCUT2D eigenvalue weighted by atomic mass is 10.1. The van der Waals surface area contributed by atoms with Crippen LogP contribution < -0.4 is 4.90 Å². The summed E-state index contributed by atoms with van der Waals surface area (Å²) < 4.78 is 18.6. The molecule has 1 fully saturated rings. The second kappa shape index (κ2) is 6.37. The van der Waals surface area contributed by atoms with Crippen LogP contribution in [0.3, 0.4) is 0 Å². The molecule has 0 radical (unpaired) electrons. The Kier molecular flexibility index (Phi) is 4.03. The van der Waals surface area contributed by atoms with Crippen LogP contribution in [0, 0.1) is 19.7 Å². The van der Waals surface area contributed by atoms with Gasteiger partial charge in [0.2, 0.25) is 5.91 Å². The molecule has 26 heavy (non-hydrogen) atoms. The van der Waals surface area contributed by atoms with Crippen LogP contribution in [0.25, 0.3) is 11.5 Å². The third-order valence-corrected chi connectivity index (χ3v) is 4.81. The lowest BCUT2D eigenvalue weighted by Crippen LogP contribution is -2.24. The average Bonchev–Trinajstić information content (AvgIpc) is 3.24. The third-order valence-electron chi connectivity index (χ3n) is 4.81. The molecule has 5 nitrogen and oxygen atoms in total. The van der Waals surface area contributed by atoms with Crippen LogP contribution in [0.1, 0.15) is 29.3 Å². The summed E-state index contributed by atoms with van der Waals surface area (Å²) >= 11 is 0. The molecule has 1 amide bonds. The van der Waals surface area contributed by atoms with Crippen molar-refractivity contribution < 1.29 is 13.7 Å². The molecule has 1 unspecified atom stereocenters. The lowest BCUT2D eigenvalue weighted by molar-refractivity contribution is -0.117. The van der Waals surface area contributed by atoms with E-state index < -0.39 is 0 Å². The molecular weight excluding hydrogens is 333 g/mol. The zero-order chi connectivity index (χ0) is 18.3. The van der Waals surface area contributed by atoms with Crippen LogP contribution in [-0.4, -0.2) is 22.6 Å². The number of carbonyl (C=O) groups is 1. The minimum absolute atomic E-state index is 0.0374. The first kappa shape index (κ1) is 16.4. The molecule has 1 atom stereocenters. The van der Waals surface area contributed by atoms with Crippen LogP contribution in [0.5, 0.6) is 0 Å². The molecule has 1 aromatic heterocycles. The number of anilines is 1. The van der Waals surface area contributed by atoms with E-state index in [-0.39, 0.29) is 23.5 Å². The van der Waals surface area contributed by atoms with Crippen molar-refractivity contribution in [3.63, 3.8) is 0 Å². The summed E-state index contributed by atoms with van der Waals surface area (Å²) in [5, 5.41) is 4.01. The molecule has 0 N–H and O–H groups in total. The fraction of sp³-hybridized carbons (Fsp3) is 0.250. The molecule has 0 aliphatic carbocycles. The van der Waals surface area contributed by atoms with Gasteiger partial charge in [0, 0.05) is 30.1 Å². The highest BCUT2D eigenvalue weighted by atomic mass is 19.1. The molecule has 0 spiro atoms. The highest BCUT2D eigenvalue weighted by Gasteiger charge is 2.34. The lowest BCUT2D eigenvalue weighted by Gasteiger charge is -2.17. The maximum Gasteiger partial charge on any atom is 0.258 e. The predicted octanol–water partition coefficient (Wildman–Crippen LogP) is 4.01. The van der Waals surface area contributed by atoms with Gasteiger partial charge in [0.25, 0.3) is 5.89 Å². The summed E-state index contributed by atoms with van der Waals surface area (Å²) in [6, 6.07) is 12.0. The van der Waals surface area contributed by atoms with E-state index >= 15 is 0 Å². The van der Waals surface area contributed by atoms with Gasteiger partial charge < -0.3 is 9.42 Å². The van der Waals surface area contributed by atoms with E-state index in [1.165, 1.54) is 17.7 Å². The quantitative estimate of drug-likeness (QED) is 0.715. The molecule has 1 aliphatic heterocycles. The third kappa shape index (κ3) is 2.98. The monoisotopic (exact) mass is 351 g/mol. The van der Waals surface area contributed by atoms with Crippen molar-refractivity contribution in [2.45, 2.75) is 26.2 Å². The van der Waals surface area contributed by atoms with E-state index in [1.807, 2.05) is 32.0 Å². The number of halogens is 1. The normalized spacial score (nSPS) is 17.1. The van der Waals surface area contributed by atoms with Crippen molar-refractivity contribution in [1.82, 2.24) is 10.1 Å². The van der Waals surface area contributed by atoms with Crippen molar-refractivity contribution in [2.24, 2.45) is 0 Å². The number of hydrogen-bond donors (Lipinski definition) is 0. The Morgan fingerprint density at radius 1 is 1.15 bits per heavy atom. The minimum Gasteiger partial charge on any atom is -0.334 e. The van der Waals surface area contributed by atoms with Crippen molar-refractivity contribution >= 4 is 11.6 Å². The Morgan fingerprint density at radius 3 is 2.77 bits per heavy atom. The van der Waals surface area contributed by atoms with E-state index in [1.54, 1.807) is 17.0 Å². The number of benzene rings is 2. The van der Waals surface area contributed by atoms with Gasteiger partial charge in [-0.1, -0.05) is 17.3 Å². The molecule has 0 saturated carbocycles. The highest BCUT2D eigenvalue weighted by Crippen LogP contribution is 2.32. The van der Waals surface area contributed by atoms with Crippen LogP contribution >= 0.6 is 0 Å². The van der Waals surface area contributed by atoms with E-state index in [9.17, 15) is 9.18 Å². The molecule has 4 rings (SSSR count). The summed E-state index contributed by atoms with van der Waals surface area (Å²) in [6.07, 6.45) is 0.328. The molecule has 1 aliphatic rings. The van der Waals surface area contributed by atoms with Gasteiger partial charge in [-0.25, -0.2) is 4.39 Å². The minimum atomic E-state index is -0.362. The molecule has 0 bridgehead atoms. The number of nitrogens with zero attached hydrogens (tertiary/aromatic N) is 3. The van der Waals surface area contributed by atoms with Crippen molar-refractivity contribution in [2.75, 3.05) is 11.4 Å². The topological polar surface area (TPSA) is 59.2 Å². The molecule has 2 aromatic carbocycles. The van der Waals surface area contributed by atoms with Gasteiger partial charge >= 0.3 is 0 Å². The first-order chi connectivity index (χ1) is 12.5. The zero-order valence-electron chi connectivity index (χ0n) is 14.6. The maximum absolute atomic E-state index is 13.4. The fourth-order valence-corrected chi connectivity index (χ4v) is 3.16. The standard InChI is InChI=1S/C20H18FN3O2/c1-12-6-7-17(8-13(12)2)24-11-15(10-18(24)25)19-22-20(26-23-19)14-4-3-5-16(21)9-14/h3-9,15H,10-11H2,1-2H3. The van der Waals surface area contributed by atoms with Gasteiger partial charge in [0.15, 0.2) is 5.82 Å². The van der Waals surface area contributed by atoms with Gasteiger partial charge in [0.1, 0.15) is 5.82 Å². The SMILES string of the molecule is Cc1ccc(N2CC(c3noc(-c4cccc(F)c4)n3)CC2=O)cc1C. The number of amides is 1. The Labute approximate surface area is 150 Å². The van der Waals surface area contributed by atoms with Gasteiger partial charge in [-0.3, -0.25) is 4.79 Å². The van der Waals surface area contributed by atoms with Gasteiger partial charge in [-0.15, -0.1) is 0 Å². The number of hydrogen-bond acceptors (Lipinski definition) is 4. The second-order valence-electron chi connectivity index (χ2n) is 6.64. The molecule has 2 heterocycles.